The summed E-state index contributed by atoms with van der Waals surface area (Å²) in [6, 6.07) is 3.03. The molecular weight excluding hydrogens is 238 g/mol. The molecule has 0 aromatic heterocycles. The molecule has 0 bridgehead atoms. The maximum absolute atomic E-state index is 13.1. The quantitative estimate of drug-likeness (QED) is 0.769. The summed E-state index contributed by atoms with van der Waals surface area (Å²) in [6.07, 6.45) is 0. The third kappa shape index (κ3) is 2.19. The second-order valence-corrected chi connectivity index (χ2v) is 4.19. The average Bonchev–Trinajstić information content (AvgIpc) is 2.27. The number of benzene rings is 1. The van der Waals surface area contributed by atoms with Crippen molar-refractivity contribution in [2.24, 2.45) is 0 Å². The molecule has 82 valence electrons. The predicted octanol–water partition coefficient (Wildman–Crippen LogP) is 2.54. The molecule has 1 aliphatic rings. The normalized spacial score (nSPS) is 16.9. The molecule has 15 heavy (non-hydrogen) atoms. The van der Waals surface area contributed by atoms with Crippen molar-refractivity contribution in [3.05, 3.63) is 28.0 Å². The third-order valence-corrected chi connectivity index (χ3v) is 3.32. The molecule has 0 atom stereocenters. The van der Waals surface area contributed by atoms with Crippen LogP contribution in [0, 0.1) is 5.82 Å². The molecule has 2 rings (SSSR count). The molecule has 0 amide bonds. The van der Waals surface area contributed by atoms with Gasteiger partial charge in [-0.2, -0.15) is 0 Å². The van der Waals surface area contributed by atoms with Gasteiger partial charge in [0, 0.05) is 26.2 Å². The van der Waals surface area contributed by atoms with E-state index in [9.17, 15) is 4.39 Å². The predicted molar refractivity (Wildman–Crippen MR) is 61.5 cm³/mol. The zero-order valence-corrected chi connectivity index (χ0v) is 9.58. The molecule has 1 saturated heterocycles. The lowest BCUT2D eigenvalue weighted by Gasteiger charge is -2.30. The van der Waals surface area contributed by atoms with Gasteiger partial charge < -0.3 is 10.2 Å². The fourth-order valence-corrected chi connectivity index (χ4v) is 2.10. The minimum atomic E-state index is -0.472. The summed E-state index contributed by atoms with van der Waals surface area (Å²) in [6.45, 7) is 3.54. The van der Waals surface area contributed by atoms with E-state index in [1.807, 2.05) is 0 Å². The summed E-state index contributed by atoms with van der Waals surface area (Å²) >= 11 is 11.8. The van der Waals surface area contributed by atoms with Gasteiger partial charge >= 0.3 is 0 Å². The van der Waals surface area contributed by atoms with Crippen molar-refractivity contribution < 1.29 is 4.39 Å². The van der Waals surface area contributed by atoms with Gasteiger partial charge in [-0.05, 0) is 12.1 Å². The van der Waals surface area contributed by atoms with Crippen LogP contribution in [-0.4, -0.2) is 26.2 Å². The first-order valence-electron chi connectivity index (χ1n) is 4.79. The van der Waals surface area contributed by atoms with Crippen LogP contribution in [0.15, 0.2) is 12.1 Å². The van der Waals surface area contributed by atoms with E-state index >= 15 is 0 Å². The molecule has 1 aromatic carbocycles. The molecule has 0 unspecified atom stereocenters. The van der Waals surface area contributed by atoms with Crippen LogP contribution in [0.1, 0.15) is 0 Å². The van der Waals surface area contributed by atoms with E-state index in [1.165, 1.54) is 6.07 Å². The molecule has 1 heterocycles. The SMILES string of the molecule is Fc1ccc(N2CCNCC2)c(Cl)c1Cl. The summed E-state index contributed by atoms with van der Waals surface area (Å²) in [5.74, 6) is -0.472. The van der Waals surface area contributed by atoms with Crippen LogP contribution in [0.4, 0.5) is 10.1 Å². The van der Waals surface area contributed by atoms with Crippen LogP contribution < -0.4 is 10.2 Å². The Balaban J connectivity index is 2.31. The van der Waals surface area contributed by atoms with E-state index in [4.69, 9.17) is 23.2 Å². The van der Waals surface area contributed by atoms with Gasteiger partial charge in [-0.15, -0.1) is 0 Å². The first-order valence-corrected chi connectivity index (χ1v) is 5.55. The van der Waals surface area contributed by atoms with Crippen LogP contribution in [-0.2, 0) is 0 Å². The van der Waals surface area contributed by atoms with Crippen molar-refractivity contribution in [2.75, 3.05) is 31.1 Å². The average molecular weight is 249 g/mol. The number of rotatable bonds is 1. The van der Waals surface area contributed by atoms with E-state index in [-0.39, 0.29) is 5.02 Å². The Morgan fingerprint density at radius 3 is 2.47 bits per heavy atom. The zero-order chi connectivity index (χ0) is 10.8. The van der Waals surface area contributed by atoms with Gasteiger partial charge in [0.25, 0.3) is 0 Å². The Kier molecular flexibility index (Phi) is 3.34. The Morgan fingerprint density at radius 2 is 1.80 bits per heavy atom. The lowest BCUT2D eigenvalue weighted by Crippen LogP contribution is -2.43. The van der Waals surface area contributed by atoms with E-state index in [2.05, 4.69) is 10.2 Å². The van der Waals surface area contributed by atoms with E-state index in [0.717, 1.165) is 31.9 Å². The molecule has 0 saturated carbocycles. The smallest absolute Gasteiger partial charge is 0.143 e. The first-order chi connectivity index (χ1) is 7.20. The maximum atomic E-state index is 13.1. The Hall–Kier alpha value is -0.510. The highest BCUT2D eigenvalue weighted by molar-refractivity contribution is 6.43. The molecule has 5 heteroatoms. The highest BCUT2D eigenvalue weighted by atomic mass is 35.5. The molecule has 1 aromatic rings. The van der Waals surface area contributed by atoms with Crippen LogP contribution >= 0.6 is 23.2 Å². The fraction of sp³-hybridized carbons (Fsp3) is 0.400. The summed E-state index contributed by atoms with van der Waals surface area (Å²) in [4.78, 5) is 2.10. The van der Waals surface area contributed by atoms with Crippen molar-refractivity contribution in [2.45, 2.75) is 0 Å². The minimum absolute atomic E-state index is 0.00713. The highest BCUT2D eigenvalue weighted by Gasteiger charge is 2.16. The number of hydrogen-bond acceptors (Lipinski definition) is 2. The monoisotopic (exact) mass is 248 g/mol. The van der Waals surface area contributed by atoms with Crippen LogP contribution in [0.5, 0.6) is 0 Å². The molecule has 0 aliphatic carbocycles. The van der Waals surface area contributed by atoms with E-state index < -0.39 is 5.82 Å². The molecule has 1 fully saturated rings. The van der Waals surface area contributed by atoms with Gasteiger partial charge in [0.05, 0.1) is 15.7 Å². The molecule has 0 radical (unpaired) electrons. The van der Waals surface area contributed by atoms with Crippen LogP contribution in [0.25, 0.3) is 0 Å². The Morgan fingerprint density at radius 1 is 1.13 bits per heavy atom. The number of anilines is 1. The minimum Gasteiger partial charge on any atom is -0.368 e. The summed E-state index contributed by atoms with van der Waals surface area (Å²) in [5.41, 5.74) is 0.810. The Labute approximate surface area is 98.0 Å². The maximum Gasteiger partial charge on any atom is 0.143 e. The molecule has 1 N–H and O–H groups in total. The lowest BCUT2D eigenvalue weighted by atomic mass is 10.2. The fourth-order valence-electron chi connectivity index (χ4n) is 1.67. The van der Waals surface area contributed by atoms with Crippen molar-refractivity contribution in [3.8, 4) is 0 Å². The second kappa shape index (κ2) is 4.56. The summed E-state index contributed by atoms with van der Waals surface area (Å²) in [5, 5.41) is 3.55. The molecule has 1 aliphatic heterocycles. The van der Waals surface area contributed by atoms with E-state index in [0.29, 0.717) is 5.02 Å². The molecular formula is C10H11Cl2FN2. The van der Waals surface area contributed by atoms with Gasteiger partial charge in [0.2, 0.25) is 0 Å². The van der Waals surface area contributed by atoms with Gasteiger partial charge in [0.15, 0.2) is 0 Å². The molecule has 0 spiro atoms. The van der Waals surface area contributed by atoms with Gasteiger partial charge in [-0.25, -0.2) is 4.39 Å². The topological polar surface area (TPSA) is 15.3 Å². The second-order valence-electron chi connectivity index (χ2n) is 3.43. The zero-order valence-electron chi connectivity index (χ0n) is 8.06. The lowest BCUT2D eigenvalue weighted by molar-refractivity contribution is 0.587. The van der Waals surface area contributed by atoms with Crippen LogP contribution in [0.2, 0.25) is 10.0 Å². The van der Waals surface area contributed by atoms with E-state index in [1.54, 1.807) is 6.07 Å². The number of halogens is 3. The highest BCUT2D eigenvalue weighted by Crippen LogP contribution is 2.34. The summed E-state index contributed by atoms with van der Waals surface area (Å²) < 4.78 is 13.1. The number of nitrogens with one attached hydrogen (secondary N) is 1. The number of piperazine rings is 1. The number of nitrogens with zero attached hydrogens (tertiary/aromatic N) is 1. The standard InChI is InChI=1S/C10H11Cl2FN2/c11-9-7(13)1-2-8(10(9)12)15-5-3-14-4-6-15/h1-2,14H,3-6H2. The van der Waals surface area contributed by atoms with Gasteiger partial charge in [-0.3, -0.25) is 0 Å². The Bertz CT molecular complexity index is 365. The third-order valence-electron chi connectivity index (χ3n) is 2.47. The largest absolute Gasteiger partial charge is 0.368 e. The first kappa shape index (κ1) is 11.0. The van der Waals surface area contributed by atoms with Crippen molar-refractivity contribution >= 4 is 28.9 Å². The summed E-state index contributed by atoms with van der Waals surface area (Å²) in [7, 11) is 0. The van der Waals surface area contributed by atoms with Crippen LogP contribution in [0.3, 0.4) is 0 Å². The van der Waals surface area contributed by atoms with Crippen molar-refractivity contribution in [1.29, 1.82) is 0 Å². The molecule has 2 nitrogen and oxygen atoms in total. The van der Waals surface area contributed by atoms with Crippen molar-refractivity contribution in [1.82, 2.24) is 5.32 Å². The number of hydrogen-bond donors (Lipinski definition) is 1. The van der Waals surface area contributed by atoms with Crippen molar-refractivity contribution in [3.63, 3.8) is 0 Å². The van der Waals surface area contributed by atoms with Gasteiger partial charge in [0.1, 0.15) is 5.82 Å². The van der Waals surface area contributed by atoms with Gasteiger partial charge in [-0.1, -0.05) is 23.2 Å².